The number of aliphatic carboxylic acids is 1. The van der Waals surface area contributed by atoms with E-state index >= 15 is 0 Å². The first kappa shape index (κ1) is 16.6. The SMILES string of the molecule is CC(=O)N(CCN)CC(=O)O.Nc1nccc(=O)[nH]1. The molecule has 0 saturated heterocycles. The standard InChI is InChI=1S/C6H12N2O3.C4H5N3O/c1-5(9)8(3-2-7)4-6(10)11;5-4-6-2-1-3(8)7-4/h2-4,7H2,1H3,(H,10,11);1-2H,(H3,5,6,7,8). The average Bonchev–Trinajstić information content (AvgIpc) is 2.28. The Balaban J connectivity index is 0.000000356. The van der Waals surface area contributed by atoms with Crippen LogP contribution in [0.15, 0.2) is 17.1 Å². The second kappa shape index (κ2) is 8.64. The van der Waals surface area contributed by atoms with Crippen LogP contribution in [-0.2, 0) is 9.59 Å². The molecule has 0 atom stereocenters. The molecule has 0 unspecified atom stereocenters. The van der Waals surface area contributed by atoms with Gasteiger partial charge in [0.1, 0.15) is 6.54 Å². The smallest absolute Gasteiger partial charge is 0.323 e. The number of carboxylic acids is 1. The number of hydrogen-bond acceptors (Lipinski definition) is 6. The quantitative estimate of drug-likeness (QED) is 0.505. The number of hydrogen-bond donors (Lipinski definition) is 4. The van der Waals surface area contributed by atoms with Crippen LogP contribution in [0.1, 0.15) is 6.92 Å². The number of anilines is 1. The van der Waals surface area contributed by atoms with Gasteiger partial charge in [0.05, 0.1) is 0 Å². The number of nitrogens with zero attached hydrogens (tertiary/aromatic N) is 2. The van der Waals surface area contributed by atoms with E-state index in [2.05, 4.69) is 9.97 Å². The van der Waals surface area contributed by atoms with Crippen LogP contribution < -0.4 is 17.0 Å². The molecule has 6 N–H and O–H groups in total. The fourth-order valence-corrected chi connectivity index (χ4v) is 1.05. The number of aromatic amines is 1. The maximum Gasteiger partial charge on any atom is 0.323 e. The van der Waals surface area contributed by atoms with E-state index in [9.17, 15) is 14.4 Å². The van der Waals surface area contributed by atoms with Crippen molar-refractivity contribution in [3.8, 4) is 0 Å². The number of aromatic nitrogens is 2. The van der Waals surface area contributed by atoms with Gasteiger partial charge in [-0.2, -0.15) is 0 Å². The van der Waals surface area contributed by atoms with E-state index in [0.717, 1.165) is 0 Å². The number of nitrogens with two attached hydrogens (primary N) is 2. The van der Waals surface area contributed by atoms with E-state index in [-0.39, 0.29) is 30.5 Å². The monoisotopic (exact) mass is 271 g/mol. The van der Waals surface area contributed by atoms with Gasteiger partial charge in [-0.1, -0.05) is 0 Å². The van der Waals surface area contributed by atoms with Crippen molar-refractivity contribution in [2.24, 2.45) is 5.73 Å². The predicted octanol–water partition coefficient (Wildman–Crippen LogP) is -1.77. The summed E-state index contributed by atoms with van der Waals surface area (Å²) in [6.45, 7) is 1.62. The number of rotatable bonds is 4. The zero-order valence-corrected chi connectivity index (χ0v) is 10.5. The third-order valence-corrected chi connectivity index (χ3v) is 1.86. The number of carbonyl (C=O) groups is 2. The third kappa shape index (κ3) is 8.32. The van der Waals surface area contributed by atoms with Crippen LogP contribution in [0, 0.1) is 0 Å². The Labute approximate surface area is 109 Å². The molecule has 9 heteroatoms. The number of carboxylic acid groups (broad SMARTS) is 1. The molecule has 0 aliphatic rings. The lowest BCUT2D eigenvalue weighted by atomic mass is 10.4. The van der Waals surface area contributed by atoms with Crippen LogP contribution in [0.3, 0.4) is 0 Å². The second-order valence-electron chi connectivity index (χ2n) is 3.44. The van der Waals surface area contributed by atoms with Crippen molar-refractivity contribution in [2.75, 3.05) is 25.4 Å². The lowest BCUT2D eigenvalue weighted by Crippen LogP contribution is -2.37. The van der Waals surface area contributed by atoms with Gasteiger partial charge in [-0.3, -0.25) is 19.4 Å². The molecule has 1 aromatic heterocycles. The number of H-pyrrole nitrogens is 1. The number of carbonyl (C=O) groups excluding carboxylic acids is 1. The lowest BCUT2D eigenvalue weighted by Gasteiger charge is -2.16. The molecule has 1 rings (SSSR count). The minimum Gasteiger partial charge on any atom is -0.480 e. The van der Waals surface area contributed by atoms with Gasteiger partial charge >= 0.3 is 5.97 Å². The van der Waals surface area contributed by atoms with Gasteiger partial charge in [0, 0.05) is 32.3 Å². The largest absolute Gasteiger partial charge is 0.480 e. The van der Waals surface area contributed by atoms with Crippen LogP contribution in [0.4, 0.5) is 5.95 Å². The highest BCUT2D eigenvalue weighted by molar-refractivity contribution is 5.79. The molecule has 1 heterocycles. The minimum absolute atomic E-state index is 0.150. The van der Waals surface area contributed by atoms with Gasteiger partial charge in [0.2, 0.25) is 5.91 Å². The van der Waals surface area contributed by atoms with Gasteiger partial charge in [0.25, 0.3) is 5.56 Å². The van der Waals surface area contributed by atoms with Crippen LogP contribution in [-0.4, -0.2) is 51.5 Å². The van der Waals surface area contributed by atoms with Gasteiger partial charge in [-0.15, -0.1) is 0 Å². The summed E-state index contributed by atoms with van der Waals surface area (Å²) in [6, 6.07) is 1.30. The molecular weight excluding hydrogens is 254 g/mol. The first-order valence-corrected chi connectivity index (χ1v) is 5.35. The van der Waals surface area contributed by atoms with E-state index in [1.807, 2.05) is 0 Å². The summed E-state index contributed by atoms with van der Waals surface area (Å²) in [4.78, 5) is 38.2. The Morgan fingerprint density at radius 3 is 2.47 bits per heavy atom. The number of amides is 1. The zero-order chi connectivity index (χ0) is 14.8. The molecular formula is C10H17N5O4. The maximum atomic E-state index is 10.7. The van der Waals surface area contributed by atoms with Crippen LogP contribution >= 0.6 is 0 Å². The van der Waals surface area contributed by atoms with E-state index in [0.29, 0.717) is 6.54 Å². The third-order valence-electron chi connectivity index (χ3n) is 1.86. The van der Waals surface area contributed by atoms with Gasteiger partial charge in [-0.05, 0) is 0 Å². The Morgan fingerprint density at radius 2 is 2.16 bits per heavy atom. The van der Waals surface area contributed by atoms with Gasteiger partial charge in [-0.25, -0.2) is 4.98 Å². The molecule has 0 radical (unpaired) electrons. The van der Waals surface area contributed by atoms with Crippen molar-refractivity contribution in [1.29, 1.82) is 0 Å². The average molecular weight is 271 g/mol. The minimum atomic E-state index is -1.02. The Kier molecular flexibility index (Phi) is 7.54. The van der Waals surface area contributed by atoms with E-state index in [1.165, 1.54) is 24.1 Å². The molecule has 0 aliphatic carbocycles. The molecule has 1 amide bonds. The topological polar surface area (TPSA) is 155 Å². The molecule has 0 saturated carbocycles. The Hall–Kier alpha value is -2.42. The Morgan fingerprint density at radius 1 is 1.53 bits per heavy atom. The summed E-state index contributed by atoms with van der Waals surface area (Å²) in [5.41, 5.74) is 10.0. The fourth-order valence-electron chi connectivity index (χ4n) is 1.05. The van der Waals surface area contributed by atoms with E-state index in [4.69, 9.17) is 16.6 Å². The van der Waals surface area contributed by atoms with Crippen LogP contribution in [0.5, 0.6) is 0 Å². The van der Waals surface area contributed by atoms with Crippen molar-refractivity contribution in [3.05, 3.63) is 22.6 Å². The molecule has 19 heavy (non-hydrogen) atoms. The van der Waals surface area contributed by atoms with Crippen molar-refractivity contribution in [3.63, 3.8) is 0 Å². The first-order chi connectivity index (χ1) is 8.86. The summed E-state index contributed by atoms with van der Waals surface area (Å²) in [5, 5.41) is 8.32. The molecule has 0 fully saturated rings. The zero-order valence-electron chi connectivity index (χ0n) is 10.5. The van der Waals surface area contributed by atoms with E-state index in [1.54, 1.807) is 0 Å². The molecule has 0 aliphatic heterocycles. The second-order valence-corrected chi connectivity index (χ2v) is 3.44. The molecule has 0 spiro atoms. The number of nitrogens with one attached hydrogen (secondary N) is 1. The van der Waals surface area contributed by atoms with E-state index < -0.39 is 5.97 Å². The molecule has 1 aromatic rings. The van der Waals surface area contributed by atoms with Gasteiger partial charge in [0.15, 0.2) is 5.95 Å². The first-order valence-electron chi connectivity index (χ1n) is 5.35. The molecule has 9 nitrogen and oxygen atoms in total. The number of nitrogen functional groups attached to an aromatic ring is 1. The maximum absolute atomic E-state index is 10.7. The van der Waals surface area contributed by atoms with Crippen molar-refractivity contribution in [1.82, 2.24) is 14.9 Å². The van der Waals surface area contributed by atoms with Crippen LogP contribution in [0.25, 0.3) is 0 Å². The summed E-state index contributed by atoms with van der Waals surface area (Å²) in [5.74, 6) is -1.14. The highest BCUT2D eigenvalue weighted by Gasteiger charge is 2.10. The fraction of sp³-hybridized carbons (Fsp3) is 0.400. The summed E-state index contributed by atoms with van der Waals surface area (Å²) >= 11 is 0. The summed E-state index contributed by atoms with van der Waals surface area (Å²) < 4.78 is 0. The Bertz CT molecular complexity index is 473. The summed E-state index contributed by atoms with van der Waals surface area (Å²) in [7, 11) is 0. The summed E-state index contributed by atoms with van der Waals surface area (Å²) in [6.07, 6.45) is 1.36. The predicted molar refractivity (Wildman–Crippen MR) is 68.2 cm³/mol. The lowest BCUT2D eigenvalue weighted by molar-refractivity contribution is -0.143. The molecule has 106 valence electrons. The highest BCUT2D eigenvalue weighted by Crippen LogP contribution is 1.86. The molecule has 0 aromatic carbocycles. The van der Waals surface area contributed by atoms with Crippen molar-refractivity contribution >= 4 is 17.8 Å². The van der Waals surface area contributed by atoms with Crippen molar-refractivity contribution < 1.29 is 14.7 Å². The van der Waals surface area contributed by atoms with Crippen LogP contribution in [0.2, 0.25) is 0 Å². The molecule has 0 bridgehead atoms. The highest BCUT2D eigenvalue weighted by atomic mass is 16.4. The normalized spacial score (nSPS) is 9.16. The van der Waals surface area contributed by atoms with Gasteiger partial charge < -0.3 is 21.5 Å². The van der Waals surface area contributed by atoms with Crippen molar-refractivity contribution in [2.45, 2.75) is 6.92 Å².